The monoisotopic (exact) mass is 456 g/mol. The van der Waals surface area contributed by atoms with Gasteiger partial charge >= 0.3 is 6.18 Å². The first kappa shape index (κ1) is 22.9. The lowest BCUT2D eigenvalue weighted by Gasteiger charge is -2.36. The molecule has 0 saturated carbocycles. The van der Waals surface area contributed by atoms with Crippen molar-refractivity contribution in [2.45, 2.75) is 17.5 Å². The number of methoxy groups -OCH3 is 1. The molecule has 31 heavy (non-hydrogen) atoms. The second-order valence-corrected chi connectivity index (χ2v) is 9.27. The van der Waals surface area contributed by atoms with Crippen LogP contribution < -0.4 is 9.64 Å². The first-order chi connectivity index (χ1) is 14.6. The number of halogens is 3. The minimum Gasteiger partial charge on any atom is -0.497 e. The molecule has 1 heterocycles. The van der Waals surface area contributed by atoms with Crippen LogP contribution in [0.1, 0.15) is 12.0 Å². The molecule has 0 atom stereocenters. The third-order valence-corrected chi connectivity index (χ3v) is 6.91. The number of rotatable bonds is 6. The van der Waals surface area contributed by atoms with Crippen LogP contribution >= 0.6 is 0 Å². The van der Waals surface area contributed by atoms with Crippen molar-refractivity contribution in [2.24, 2.45) is 0 Å². The summed E-state index contributed by atoms with van der Waals surface area (Å²) in [4.78, 5) is 15.9. The normalized spacial score (nSPS) is 15.1. The fourth-order valence-electron chi connectivity index (χ4n) is 3.37. The molecule has 0 radical (unpaired) electrons. The molecule has 0 aromatic heterocycles. The number of hydrogen-bond donors (Lipinski definition) is 0. The maximum Gasteiger partial charge on any atom is 0.416 e. The summed E-state index contributed by atoms with van der Waals surface area (Å²) in [5.41, 5.74) is -0.267. The van der Waals surface area contributed by atoms with E-state index in [1.807, 2.05) is 0 Å². The third kappa shape index (κ3) is 5.69. The Hall–Kier alpha value is -2.75. The van der Waals surface area contributed by atoms with Crippen molar-refractivity contribution < 1.29 is 31.1 Å². The van der Waals surface area contributed by atoms with Crippen LogP contribution in [0.2, 0.25) is 0 Å². The second kappa shape index (κ2) is 9.17. The molecule has 0 spiro atoms. The summed E-state index contributed by atoms with van der Waals surface area (Å²) in [5, 5.41) is 0. The molecular weight excluding hydrogens is 433 g/mol. The van der Waals surface area contributed by atoms with Gasteiger partial charge in [0.1, 0.15) is 5.75 Å². The largest absolute Gasteiger partial charge is 0.497 e. The van der Waals surface area contributed by atoms with Crippen molar-refractivity contribution in [1.82, 2.24) is 4.90 Å². The molecule has 10 heteroatoms. The number of sulfone groups is 1. The number of carbonyl (C=O) groups is 1. The maximum absolute atomic E-state index is 12.9. The minimum atomic E-state index is -4.41. The van der Waals surface area contributed by atoms with E-state index in [9.17, 15) is 26.4 Å². The number of piperazine rings is 1. The Morgan fingerprint density at radius 2 is 1.68 bits per heavy atom. The SMILES string of the molecule is COc1ccc(S(=O)(=O)CCC(=O)N2CCN(c3cccc(C(F)(F)F)c3)CC2)cc1. The summed E-state index contributed by atoms with van der Waals surface area (Å²) in [5.74, 6) is -0.0686. The van der Waals surface area contributed by atoms with E-state index < -0.39 is 21.6 Å². The van der Waals surface area contributed by atoms with Gasteiger partial charge in [-0.3, -0.25) is 4.79 Å². The van der Waals surface area contributed by atoms with Gasteiger partial charge < -0.3 is 14.5 Å². The smallest absolute Gasteiger partial charge is 0.416 e. The molecule has 0 aliphatic carbocycles. The molecule has 1 aliphatic heterocycles. The van der Waals surface area contributed by atoms with E-state index in [4.69, 9.17) is 4.74 Å². The van der Waals surface area contributed by atoms with Gasteiger partial charge in [0.15, 0.2) is 9.84 Å². The average Bonchev–Trinajstić information content (AvgIpc) is 2.77. The van der Waals surface area contributed by atoms with E-state index in [0.717, 1.165) is 12.1 Å². The number of nitrogens with zero attached hydrogens (tertiary/aromatic N) is 2. The van der Waals surface area contributed by atoms with Crippen molar-refractivity contribution in [1.29, 1.82) is 0 Å². The molecule has 168 valence electrons. The standard InChI is InChI=1S/C21H23F3N2O4S/c1-30-18-5-7-19(8-6-18)31(28,29)14-9-20(27)26-12-10-25(11-13-26)17-4-2-3-16(15-17)21(22,23)24/h2-8,15H,9-14H2,1H3. The van der Waals surface area contributed by atoms with Crippen molar-refractivity contribution in [2.75, 3.05) is 43.9 Å². The van der Waals surface area contributed by atoms with Crippen LogP contribution in [-0.4, -0.2) is 58.3 Å². The molecule has 0 unspecified atom stereocenters. The highest BCUT2D eigenvalue weighted by atomic mass is 32.2. The van der Waals surface area contributed by atoms with Crippen molar-refractivity contribution in [3.8, 4) is 5.75 Å². The van der Waals surface area contributed by atoms with Gasteiger partial charge in [-0.05, 0) is 42.5 Å². The molecular formula is C21H23F3N2O4S. The highest BCUT2D eigenvalue weighted by Crippen LogP contribution is 2.32. The van der Waals surface area contributed by atoms with Gasteiger partial charge in [-0.25, -0.2) is 8.42 Å². The number of carbonyl (C=O) groups excluding carboxylic acids is 1. The molecule has 2 aromatic rings. The zero-order valence-corrected chi connectivity index (χ0v) is 17.7. The molecule has 1 aliphatic rings. The number of anilines is 1. The molecule has 0 bridgehead atoms. The zero-order valence-electron chi connectivity index (χ0n) is 16.9. The van der Waals surface area contributed by atoms with E-state index in [0.29, 0.717) is 37.6 Å². The van der Waals surface area contributed by atoms with Crippen LogP contribution in [-0.2, 0) is 20.8 Å². The van der Waals surface area contributed by atoms with Gasteiger partial charge in [-0.2, -0.15) is 13.2 Å². The molecule has 6 nitrogen and oxygen atoms in total. The van der Waals surface area contributed by atoms with Crippen LogP contribution in [0.25, 0.3) is 0 Å². The van der Waals surface area contributed by atoms with Gasteiger partial charge in [-0.1, -0.05) is 6.07 Å². The van der Waals surface area contributed by atoms with Gasteiger partial charge in [0, 0.05) is 38.3 Å². The molecule has 1 saturated heterocycles. The third-order valence-electron chi connectivity index (χ3n) is 5.17. The summed E-state index contributed by atoms with van der Waals surface area (Å²) in [6.07, 6.45) is -4.57. The van der Waals surface area contributed by atoms with Crippen molar-refractivity contribution >= 4 is 21.4 Å². The van der Waals surface area contributed by atoms with Gasteiger partial charge in [-0.15, -0.1) is 0 Å². The number of ether oxygens (including phenoxy) is 1. The Morgan fingerprint density at radius 1 is 1.03 bits per heavy atom. The summed E-state index contributed by atoms with van der Waals surface area (Å²) < 4.78 is 68.7. The molecule has 0 N–H and O–H groups in total. The van der Waals surface area contributed by atoms with Crippen LogP contribution in [0.4, 0.5) is 18.9 Å². The number of alkyl halides is 3. The number of benzene rings is 2. The Bertz CT molecular complexity index is 1020. The Morgan fingerprint density at radius 3 is 2.26 bits per heavy atom. The highest BCUT2D eigenvalue weighted by molar-refractivity contribution is 7.91. The lowest BCUT2D eigenvalue weighted by molar-refractivity contribution is -0.137. The van der Waals surface area contributed by atoms with Crippen LogP contribution in [0.3, 0.4) is 0 Å². The Labute approximate surface area is 179 Å². The topological polar surface area (TPSA) is 66.9 Å². The van der Waals surface area contributed by atoms with Crippen molar-refractivity contribution in [3.05, 3.63) is 54.1 Å². The fraction of sp³-hybridized carbons (Fsp3) is 0.381. The van der Waals surface area contributed by atoms with Crippen LogP contribution in [0.5, 0.6) is 5.75 Å². The quantitative estimate of drug-likeness (QED) is 0.668. The van der Waals surface area contributed by atoms with E-state index in [-0.39, 0.29) is 23.0 Å². The second-order valence-electron chi connectivity index (χ2n) is 7.16. The maximum atomic E-state index is 12.9. The molecule has 1 fully saturated rings. The molecule has 2 aromatic carbocycles. The zero-order chi connectivity index (χ0) is 22.6. The minimum absolute atomic E-state index is 0.121. The Balaban J connectivity index is 1.54. The van der Waals surface area contributed by atoms with E-state index in [1.165, 1.54) is 25.3 Å². The summed E-state index contributed by atoms with van der Waals surface area (Å²) >= 11 is 0. The van der Waals surface area contributed by atoms with Gasteiger partial charge in [0.2, 0.25) is 5.91 Å². The lowest BCUT2D eigenvalue weighted by Crippen LogP contribution is -2.49. The molecule has 3 rings (SSSR count). The van der Waals surface area contributed by atoms with Gasteiger partial charge in [0.25, 0.3) is 0 Å². The van der Waals surface area contributed by atoms with Gasteiger partial charge in [0.05, 0.1) is 23.3 Å². The number of amides is 1. The van der Waals surface area contributed by atoms with Crippen molar-refractivity contribution in [3.63, 3.8) is 0 Å². The van der Waals surface area contributed by atoms with E-state index >= 15 is 0 Å². The Kier molecular flexibility index (Phi) is 6.78. The number of hydrogen-bond acceptors (Lipinski definition) is 5. The first-order valence-electron chi connectivity index (χ1n) is 9.67. The van der Waals surface area contributed by atoms with Crippen LogP contribution in [0.15, 0.2) is 53.4 Å². The first-order valence-corrected chi connectivity index (χ1v) is 11.3. The summed E-state index contributed by atoms with van der Waals surface area (Å²) in [7, 11) is -2.13. The highest BCUT2D eigenvalue weighted by Gasteiger charge is 2.31. The predicted molar refractivity (Wildman–Crippen MR) is 110 cm³/mol. The molecule has 1 amide bonds. The average molecular weight is 456 g/mol. The predicted octanol–water partition coefficient (Wildman–Crippen LogP) is 3.23. The summed E-state index contributed by atoms with van der Waals surface area (Å²) in [6.45, 7) is 1.38. The summed E-state index contributed by atoms with van der Waals surface area (Å²) in [6, 6.07) is 11.0. The van der Waals surface area contributed by atoms with E-state index in [2.05, 4.69) is 0 Å². The lowest BCUT2D eigenvalue weighted by atomic mass is 10.1. The van der Waals surface area contributed by atoms with E-state index in [1.54, 1.807) is 28.0 Å². The fourth-order valence-corrected chi connectivity index (χ4v) is 4.60. The van der Waals surface area contributed by atoms with Crippen LogP contribution in [0, 0.1) is 0 Å².